The molecule has 0 spiro atoms. The van der Waals surface area contributed by atoms with Crippen molar-refractivity contribution in [2.45, 2.75) is 25.3 Å². The average molecular weight is 227 g/mol. The van der Waals surface area contributed by atoms with Gasteiger partial charge in [0, 0.05) is 12.6 Å². The summed E-state index contributed by atoms with van der Waals surface area (Å²) in [5, 5.41) is 7.20. The fourth-order valence-electron chi connectivity index (χ4n) is 1.76. The molecule has 82 valence electrons. The van der Waals surface area contributed by atoms with Crippen LogP contribution >= 0.6 is 11.6 Å². The predicted octanol–water partition coefficient (Wildman–Crippen LogP) is 1.68. The molecular formula is C10H15ClN4. The lowest BCUT2D eigenvalue weighted by Gasteiger charge is -2.10. The molecule has 15 heavy (non-hydrogen) atoms. The summed E-state index contributed by atoms with van der Waals surface area (Å²) in [5.74, 6) is 0.650. The van der Waals surface area contributed by atoms with Gasteiger partial charge in [0.15, 0.2) is 0 Å². The highest BCUT2D eigenvalue weighted by atomic mass is 35.5. The number of hydrogen-bond donors (Lipinski definition) is 2. The Morgan fingerprint density at radius 2 is 2.27 bits per heavy atom. The zero-order valence-electron chi connectivity index (χ0n) is 8.54. The third-order valence-corrected chi connectivity index (χ3v) is 2.75. The van der Waals surface area contributed by atoms with Crippen LogP contribution in [0.15, 0.2) is 12.4 Å². The van der Waals surface area contributed by atoms with Crippen molar-refractivity contribution >= 4 is 17.5 Å². The van der Waals surface area contributed by atoms with Crippen molar-refractivity contribution in [3.8, 4) is 0 Å². The van der Waals surface area contributed by atoms with E-state index in [0.717, 1.165) is 19.5 Å². The van der Waals surface area contributed by atoms with E-state index in [-0.39, 0.29) is 0 Å². The van der Waals surface area contributed by atoms with E-state index in [9.17, 15) is 0 Å². The van der Waals surface area contributed by atoms with E-state index in [1.807, 2.05) is 0 Å². The van der Waals surface area contributed by atoms with Gasteiger partial charge in [-0.25, -0.2) is 9.97 Å². The minimum atomic E-state index is 0.568. The molecule has 1 fully saturated rings. The number of anilines is 1. The second-order valence-corrected chi connectivity index (χ2v) is 4.17. The van der Waals surface area contributed by atoms with Crippen molar-refractivity contribution in [2.24, 2.45) is 0 Å². The van der Waals surface area contributed by atoms with Crippen molar-refractivity contribution in [1.29, 1.82) is 0 Å². The Morgan fingerprint density at radius 3 is 2.93 bits per heavy atom. The highest BCUT2D eigenvalue weighted by Gasteiger charge is 2.12. The van der Waals surface area contributed by atoms with E-state index in [4.69, 9.17) is 11.6 Å². The Balaban J connectivity index is 1.71. The first kappa shape index (κ1) is 10.6. The number of halogens is 1. The summed E-state index contributed by atoms with van der Waals surface area (Å²) in [4.78, 5) is 8.14. The van der Waals surface area contributed by atoms with Crippen LogP contribution in [0.4, 0.5) is 5.95 Å². The van der Waals surface area contributed by atoms with Crippen LogP contribution in [-0.4, -0.2) is 29.1 Å². The summed E-state index contributed by atoms with van der Waals surface area (Å²) in [6.07, 6.45) is 6.90. The molecule has 1 atom stereocenters. The molecule has 1 aromatic rings. The standard InChI is InChI=1S/C10H15ClN4/c11-8-6-14-10(15-7-8)13-5-3-9-2-1-4-12-9/h6-7,9,12H,1-5H2,(H,13,14,15)/t9-/m1/s1. The Kier molecular flexibility index (Phi) is 3.75. The lowest BCUT2D eigenvalue weighted by Crippen LogP contribution is -2.24. The van der Waals surface area contributed by atoms with Gasteiger partial charge in [0.25, 0.3) is 0 Å². The molecule has 0 bridgehead atoms. The van der Waals surface area contributed by atoms with E-state index >= 15 is 0 Å². The summed E-state index contributed by atoms with van der Waals surface area (Å²) in [7, 11) is 0. The molecule has 0 saturated carbocycles. The van der Waals surface area contributed by atoms with Gasteiger partial charge >= 0.3 is 0 Å². The van der Waals surface area contributed by atoms with Gasteiger partial charge in [0.2, 0.25) is 5.95 Å². The quantitative estimate of drug-likeness (QED) is 0.821. The fraction of sp³-hybridized carbons (Fsp3) is 0.600. The molecule has 2 N–H and O–H groups in total. The van der Waals surface area contributed by atoms with Gasteiger partial charge in [0.1, 0.15) is 0 Å². The molecule has 1 aliphatic heterocycles. The SMILES string of the molecule is Clc1cnc(NCC[C@H]2CCCN2)nc1. The van der Waals surface area contributed by atoms with Crippen LogP contribution in [0.2, 0.25) is 5.02 Å². The maximum absolute atomic E-state index is 5.69. The van der Waals surface area contributed by atoms with Gasteiger partial charge in [-0.1, -0.05) is 11.6 Å². The molecule has 1 aliphatic rings. The summed E-state index contributed by atoms with van der Waals surface area (Å²) in [5.41, 5.74) is 0. The van der Waals surface area contributed by atoms with Crippen LogP contribution in [0.5, 0.6) is 0 Å². The van der Waals surface area contributed by atoms with Crippen molar-refractivity contribution in [2.75, 3.05) is 18.4 Å². The second-order valence-electron chi connectivity index (χ2n) is 3.73. The van der Waals surface area contributed by atoms with Crippen LogP contribution in [0, 0.1) is 0 Å². The first-order valence-electron chi connectivity index (χ1n) is 5.29. The van der Waals surface area contributed by atoms with Gasteiger partial charge in [-0.2, -0.15) is 0 Å². The average Bonchev–Trinajstić information content (AvgIpc) is 2.74. The summed E-state index contributed by atoms with van der Waals surface area (Å²) in [6.45, 7) is 2.06. The molecule has 5 heteroatoms. The maximum atomic E-state index is 5.69. The van der Waals surface area contributed by atoms with Crippen LogP contribution in [0.25, 0.3) is 0 Å². The van der Waals surface area contributed by atoms with Crippen LogP contribution in [-0.2, 0) is 0 Å². The summed E-state index contributed by atoms with van der Waals surface area (Å²) >= 11 is 5.69. The lowest BCUT2D eigenvalue weighted by molar-refractivity contribution is 0.573. The van der Waals surface area contributed by atoms with Gasteiger partial charge < -0.3 is 10.6 Å². The molecule has 1 saturated heterocycles. The molecule has 1 aromatic heterocycles. The monoisotopic (exact) mass is 226 g/mol. The number of hydrogen-bond acceptors (Lipinski definition) is 4. The van der Waals surface area contributed by atoms with Gasteiger partial charge in [0.05, 0.1) is 17.4 Å². The first-order valence-corrected chi connectivity index (χ1v) is 5.67. The molecular weight excluding hydrogens is 212 g/mol. The fourth-order valence-corrected chi connectivity index (χ4v) is 1.86. The summed E-state index contributed by atoms with van der Waals surface area (Å²) in [6, 6.07) is 0.657. The van der Waals surface area contributed by atoms with E-state index in [1.165, 1.54) is 12.8 Å². The molecule has 0 aliphatic carbocycles. The minimum absolute atomic E-state index is 0.568. The van der Waals surface area contributed by atoms with E-state index < -0.39 is 0 Å². The third-order valence-electron chi connectivity index (χ3n) is 2.56. The minimum Gasteiger partial charge on any atom is -0.354 e. The third kappa shape index (κ3) is 3.32. The van der Waals surface area contributed by atoms with Crippen LogP contribution in [0.1, 0.15) is 19.3 Å². The second kappa shape index (κ2) is 5.28. The molecule has 4 nitrogen and oxygen atoms in total. The van der Waals surface area contributed by atoms with E-state index in [0.29, 0.717) is 17.0 Å². The highest BCUT2D eigenvalue weighted by Crippen LogP contribution is 2.09. The zero-order valence-corrected chi connectivity index (χ0v) is 9.30. The van der Waals surface area contributed by atoms with Crippen molar-refractivity contribution in [3.05, 3.63) is 17.4 Å². The largest absolute Gasteiger partial charge is 0.354 e. The Bertz CT molecular complexity index is 295. The Labute approximate surface area is 94.5 Å². The van der Waals surface area contributed by atoms with E-state index in [2.05, 4.69) is 20.6 Å². The topological polar surface area (TPSA) is 49.8 Å². The maximum Gasteiger partial charge on any atom is 0.222 e. The van der Waals surface area contributed by atoms with Crippen LogP contribution in [0.3, 0.4) is 0 Å². The molecule has 0 aromatic carbocycles. The van der Waals surface area contributed by atoms with Gasteiger partial charge in [-0.05, 0) is 25.8 Å². The van der Waals surface area contributed by atoms with Crippen molar-refractivity contribution < 1.29 is 0 Å². The Hall–Kier alpha value is -0.870. The van der Waals surface area contributed by atoms with Crippen LogP contribution < -0.4 is 10.6 Å². The molecule has 2 heterocycles. The Morgan fingerprint density at radius 1 is 1.47 bits per heavy atom. The number of aromatic nitrogens is 2. The zero-order chi connectivity index (χ0) is 10.5. The highest BCUT2D eigenvalue weighted by molar-refractivity contribution is 6.30. The van der Waals surface area contributed by atoms with Crippen molar-refractivity contribution in [1.82, 2.24) is 15.3 Å². The predicted molar refractivity (Wildman–Crippen MR) is 61.2 cm³/mol. The number of rotatable bonds is 4. The molecule has 0 amide bonds. The van der Waals surface area contributed by atoms with Crippen molar-refractivity contribution in [3.63, 3.8) is 0 Å². The van der Waals surface area contributed by atoms with Gasteiger partial charge in [-0.3, -0.25) is 0 Å². The normalized spacial score (nSPS) is 20.5. The molecule has 0 radical (unpaired) electrons. The van der Waals surface area contributed by atoms with Gasteiger partial charge in [-0.15, -0.1) is 0 Å². The molecule has 2 rings (SSSR count). The first-order chi connectivity index (χ1) is 7.34. The van der Waals surface area contributed by atoms with E-state index in [1.54, 1.807) is 12.4 Å². The smallest absolute Gasteiger partial charge is 0.222 e. The number of nitrogens with one attached hydrogen (secondary N) is 2. The molecule has 0 unspecified atom stereocenters. The summed E-state index contributed by atoms with van der Waals surface area (Å²) < 4.78 is 0. The number of nitrogens with zero attached hydrogens (tertiary/aromatic N) is 2. The lowest BCUT2D eigenvalue weighted by atomic mass is 10.1.